The van der Waals surface area contributed by atoms with Gasteiger partial charge in [-0.05, 0) is 42.5 Å². The van der Waals surface area contributed by atoms with Crippen LogP contribution in [0, 0.1) is 5.82 Å². The van der Waals surface area contributed by atoms with Gasteiger partial charge in [-0.15, -0.1) is 0 Å². The summed E-state index contributed by atoms with van der Waals surface area (Å²) in [4.78, 5) is 9.07. The third kappa shape index (κ3) is 3.77. The molecule has 9 heteroatoms. The molecule has 0 fully saturated rings. The van der Waals surface area contributed by atoms with Crippen LogP contribution in [0.1, 0.15) is 13.8 Å². The molecule has 170 valence electrons. The van der Waals surface area contributed by atoms with Crippen LogP contribution in [0.15, 0.2) is 73.4 Å². The monoisotopic (exact) mass is 454 g/mol. The van der Waals surface area contributed by atoms with Crippen LogP contribution in [0.5, 0.6) is 0 Å². The van der Waals surface area contributed by atoms with E-state index in [2.05, 4.69) is 30.6 Å². The van der Waals surface area contributed by atoms with Gasteiger partial charge in [0, 0.05) is 47.8 Å². The largest absolute Gasteiger partial charge is 0.337 e. The maximum atomic E-state index is 13.3. The van der Waals surface area contributed by atoms with Gasteiger partial charge in [0.05, 0.1) is 29.3 Å². The number of imidazole rings is 1. The number of anilines is 2. The summed E-state index contributed by atoms with van der Waals surface area (Å²) in [7, 11) is 1.88. The number of fused-ring (bicyclic) bond motifs is 2. The molecule has 2 aromatic carbocycles. The Hall–Kier alpha value is -4.53. The molecule has 0 aliphatic heterocycles. The fourth-order valence-corrected chi connectivity index (χ4v) is 3.83. The zero-order valence-electron chi connectivity index (χ0n) is 19.0. The second-order valence-corrected chi connectivity index (χ2v) is 7.48. The lowest BCUT2D eigenvalue weighted by molar-refractivity contribution is 0.628. The normalized spacial score (nSPS) is 10.9. The zero-order chi connectivity index (χ0) is 23.7. The molecule has 34 heavy (non-hydrogen) atoms. The summed E-state index contributed by atoms with van der Waals surface area (Å²) in [6, 6.07) is 12.2. The van der Waals surface area contributed by atoms with E-state index in [4.69, 9.17) is 0 Å². The van der Waals surface area contributed by atoms with Crippen molar-refractivity contribution in [3.05, 3.63) is 79.3 Å². The Balaban J connectivity index is 0.00000117. The third-order valence-electron chi connectivity index (χ3n) is 5.37. The molecule has 0 saturated carbocycles. The second kappa shape index (κ2) is 8.78. The average Bonchev–Trinajstić information content (AvgIpc) is 3.59. The minimum absolute atomic E-state index is 0.277. The Labute approximate surface area is 195 Å². The highest BCUT2D eigenvalue weighted by molar-refractivity contribution is 5.95. The highest BCUT2D eigenvalue weighted by atomic mass is 19.1. The molecule has 6 rings (SSSR count). The molecule has 0 unspecified atom stereocenters. The van der Waals surface area contributed by atoms with Crippen LogP contribution in [0.2, 0.25) is 0 Å². The van der Waals surface area contributed by atoms with E-state index in [0.29, 0.717) is 11.5 Å². The van der Waals surface area contributed by atoms with Crippen molar-refractivity contribution < 1.29 is 4.39 Å². The van der Waals surface area contributed by atoms with Gasteiger partial charge >= 0.3 is 0 Å². The SMILES string of the molecule is CC.Cn1cc(-c2cnc3c(Nc4ccc5[nH]nc(-c6ccc(F)cc6)c5c4)nccn23)cn1. The Kier molecular flexibility index (Phi) is 5.51. The summed E-state index contributed by atoms with van der Waals surface area (Å²) in [5.74, 6) is 0.356. The number of aromatic nitrogens is 7. The Morgan fingerprint density at radius 3 is 2.56 bits per heavy atom. The molecule has 0 aliphatic carbocycles. The van der Waals surface area contributed by atoms with Crippen LogP contribution >= 0.6 is 0 Å². The first kappa shape index (κ1) is 21.3. The minimum atomic E-state index is -0.277. The maximum Gasteiger partial charge on any atom is 0.180 e. The number of nitrogens with zero attached hydrogens (tertiary/aromatic N) is 6. The van der Waals surface area contributed by atoms with Gasteiger partial charge in [0.1, 0.15) is 5.82 Å². The van der Waals surface area contributed by atoms with Crippen LogP contribution in [-0.2, 0) is 7.05 Å². The number of rotatable bonds is 4. The number of hydrogen-bond donors (Lipinski definition) is 2. The van der Waals surface area contributed by atoms with E-state index in [1.165, 1.54) is 12.1 Å². The number of benzene rings is 2. The standard InChI is InChI=1S/C23H17FN8.C2H6/c1-31-13-15(11-27-31)20-12-26-23-22(25-8-9-32(20)23)28-17-6-7-19-18(10-17)21(30-29-19)14-2-4-16(24)5-3-14;1-2/h2-13H,1H3,(H,25,28)(H,29,30);1-2H3. The summed E-state index contributed by atoms with van der Waals surface area (Å²) >= 11 is 0. The average molecular weight is 455 g/mol. The van der Waals surface area contributed by atoms with E-state index in [1.54, 1.807) is 29.2 Å². The molecule has 0 saturated heterocycles. The Morgan fingerprint density at radius 2 is 1.79 bits per heavy atom. The van der Waals surface area contributed by atoms with Crippen molar-refractivity contribution in [1.82, 2.24) is 34.3 Å². The van der Waals surface area contributed by atoms with Crippen molar-refractivity contribution in [2.75, 3.05) is 5.32 Å². The maximum absolute atomic E-state index is 13.3. The molecule has 8 nitrogen and oxygen atoms in total. The predicted molar refractivity (Wildman–Crippen MR) is 131 cm³/mol. The molecule has 0 bridgehead atoms. The Bertz CT molecular complexity index is 1580. The third-order valence-corrected chi connectivity index (χ3v) is 5.37. The molecule has 0 aliphatic rings. The highest BCUT2D eigenvalue weighted by Crippen LogP contribution is 2.30. The molecule has 0 atom stereocenters. The summed E-state index contributed by atoms with van der Waals surface area (Å²) in [5, 5.41) is 16.0. The zero-order valence-corrected chi connectivity index (χ0v) is 19.0. The van der Waals surface area contributed by atoms with Crippen molar-refractivity contribution in [2.45, 2.75) is 13.8 Å². The van der Waals surface area contributed by atoms with Gasteiger partial charge in [0.2, 0.25) is 0 Å². The topological polar surface area (TPSA) is 88.7 Å². The highest BCUT2D eigenvalue weighted by Gasteiger charge is 2.13. The van der Waals surface area contributed by atoms with E-state index < -0.39 is 0 Å². The molecule has 0 radical (unpaired) electrons. The summed E-state index contributed by atoms with van der Waals surface area (Å²) in [5.41, 5.74) is 5.94. The lowest BCUT2D eigenvalue weighted by Crippen LogP contribution is -1.98. The van der Waals surface area contributed by atoms with Gasteiger partial charge in [-0.3, -0.25) is 14.2 Å². The fourth-order valence-electron chi connectivity index (χ4n) is 3.83. The van der Waals surface area contributed by atoms with Crippen LogP contribution in [-0.4, -0.2) is 34.3 Å². The van der Waals surface area contributed by atoms with E-state index in [0.717, 1.165) is 39.1 Å². The van der Waals surface area contributed by atoms with Gasteiger partial charge < -0.3 is 5.32 Å². The number of halogens is 1. The van der Waals surface area contributed by atoms with Crippen LogP contribution in [0.4, 0.5) is 15.9 Å². The first-order valence-electron chi connectivity index (χ1n) is 11.0. The Morgan fingerprint density at radius 1 is 0.971 bits per heavy atom. The van der Waals surface area contributed by atoms with E-state index in [1.807, 2.05) is 62.1 Å². The van der Waals surface area contributed by atoms with Crippen molar-refractivity contribution in [3.8, 4) is 22.5 Å². The van der Waals surface area contributed by atoms with Gasteiger partial charge in [0.15, 0.2) is 11.5 Å². The molecular weight excluding hydrogens is 431 g/mol. The summed E-state index contributed by atoms with van der Waals surface area (Å²) in [6.07, 6.45) is 9.17. The van der Waals surface area contributed by atoms with Gasteiger partial charge in [-0.1, -0.05) is 13.8 Å². The second-order valence-electron chi connectivity index (χ2n) is 7.48. The smallest absolute Gasteiger partial charge is 0.180 e. The number of hydrogen-bond acceptors (Lipinski definition) is 5. The van der Waals surface area contributed by atoms with Crippen molar-refractivity contribution >= 4 is 28.1 Å². The number of aryl methyl sites for hydroxylation is 1. The van der Waals surface area contributed by atoms with Gasteiger partial charge in [0.25, 0.3) is 0 Å². The molecule has 4 heterocycles. The van der Waals surface area contributed by atoms with Crippen LogP contribution in [0.25, 0.3) is 39.1 Å². The van der Waals surface area contributed by atoms with Crippen molar-refractivity contribution in [1.29, 1.82) is 0 Å². The quantitative estimate of drug-likeness (QED) is 0.363. The predicted octanol–water partition coefficient (Wildman–Crippen LogP) is 5.58. The molecule has 2 N–H and O–H groups in total. The number of H-pyrrole nitrogens is 1. The van der Waals surface area contributed by atoms with E-state index in [9.17, 15) is 4.39 Å². The fraction of sp³-hybridized carbons (Fsp3) is 0.120. The first-order chi connectivity index (χ1) is 16.7. The molecule has 6 aromatic rings. The first-order valence-corrected chi connectivity index (χ1v) is 11.0. The van der Waals surface area contributed by atoms with Crippen molar-refractivity contribution in [2.24, 2.45) is 7.05 Å². The number of aromatic amines is 1. The van der Waals surface area contributed by atoms with Crippen LogP contribution < -0.4 is 5.32 Å². The lowest BCUT2D eigenvalue weighted by Gasteiger charge is -2.08. The van der Waals surface area contributed by atoms with Gasteiger partial charge in [-0.2, -0.15) is 10.2 Å². The van der Waals surface area contributed by atoms with E-state index >= 15 is 0 Å². The lowest BCUT2D eigenvalue weighted by atomic mass is 10.1. The van der Waals surface area contributed by atoms with E-state index in [-0.39, 0.29) is 5.82 Å². The minimum Gasteiger partial charge on any atom is -0.337 e. The van der Waals surface area contributed by atoms with Crippen LogP contribution in [0.3, 0.4) is 0 Å². The molecule has 0 spiro atoms. The number of nitrogens with one attached hydrogen (secondary N) is 2. The summed E-state index contributed by atoms with van der Waals surface area (Å²) in [6.45, 7) is 4.00. The van der Waals surface area contributed by atoms with Gasteiger partial charge in [-0.25, -0.2) is 14.4 Å². The summed E-state index contributed by atoms with van der Waals surface area (Å²) < 4.78 is 17.1. The molecular formula is C25H23FN8. The molecule has 4 aromatic heterocycles. The van der Waals surface area contributed by atoms with Crippen molar-refractivity contribution in [3.63, 3.8) is 0 Å². The molecule has 0 amide bonds.